The third-order valence-electron chi connectivity index (χ3n) is 15.7. The van der Waals surface area contributed by atoms with Gasteiger partial charge in [0.05, 0.1) is 18.2 Å². The van der Waals surface area contributed by atoms with Crippen LogP contribution in [0.5, 0.6) is 0 Å². The fourth-order valence-electron chi connectivity index (χ4n) is 12.7. The predicted molar refractivity (Wildman–Crippen MR) is 199 cm³/mol. The van der Waals surface area contributed by atoms with Gasteiger partial charge in [-0.05, 0) is 99.2 Å². The van der Waals surface area contributed by atoms with Crippen molar-refractivity contribution < 1.29 is 29.3 Å². The molecule has 7 aliphatic carbocycles. The second kappa shape index (κ2) is 13.4. The lowest BCUT2D eigenvalue weighted by molar-refractivity contribution is -0.175. The number of ketones is 1. The van der Waals surface area contributed by atoms with Crippen molar-refractivity contribution in [3.05, 3.63) is 59.7 Å². The summed E-state index contributed by atoms with van der Waals surface area (Å²) in [6.07, 6.45) is 15.3. The molecule has 11 atom stereocenters. The number of aliphatic hydroxyl groups excluding tert-OH is 1. The average molecular weight is 702 g/mol. The van der Waals surface area contributed by atoms with E-state index in [1.165, 1.54) is 0 Å². The van der Waals surface area contributed by atoms with Crippen LogP contribution < -0.4 is 0 Å². The number of benzene rings is 1. The van der Waals surface area contributed by atoms with Crippen molar-refractivity contribution in [1.82, 2.24) is 4.90 Å². The second-order valence-corrected chi connectivity index (χ2v) is 18.5. The van der Waals surface area contributed by atoms with E-state index < -0.39 is 16.4 Å². The molecule has 280 valence electrons. The smallest absolute Gasteiger partial charge is 0.410 e. The molecule has 4 saturated carbocycles. The van der Waals surface area contributed by atoms with Crippen molar-refractivity contribution in [2.75, 3.05) is 26.8 Å². The number of allylic oxidation sites excluding steroid dienone is 4. The number of carbonyl (C=O) groups is 2. The first-order valence-electron chi connectivity index (χ1n) is 20.1. The largest absolute Gasteiger partial charge is 0.446 e. The topological polar surface area (TPSA) is 96.3 Å². The van der Waals surface area contributed by atoms with Gasteiger partial charge in [0.25, 0.3) is 0 Å². The van der Waals surface area contributed by atoms with Gasteiger partial charge in [-0.3, -0.25) is 4.79 Å². The number of amides is 1. The molecule has 1 aromatic rings. The first kappa shape index (κ1) is 36.9. The van der Waals surface area contributed by atoms with Crippen LogP contribution in [0.15, 0.2) is 54.1 Å². The Kier molecular flexibility index (Phi) is 9.70. The van der Waals surface area contributed by atoms with Gasteiger partial charge < -0.3 is 24.6 Å². The molecular formula is C44H63NO6. The molecule has 11 unspecified atom stereocenters. The number of carbonyl (C=O) groups excluding carboxylic acids is 2. The molecule has 0 radical (unpaired) electrons. The van der Waals surface area contributed by atoms with Crippen molar-refractivity contribution >= 4 is 11.9 Å². The predicted octanol–water partition coefficient (Wildman–Crippen LogP) is 8.40. The summed E-state index contributed by atoms with van der Waals surface area (Å²) in [6.45, 7) is 12.6. The van der Waals surface area contributed by atoms with Crippen LogP contribution in [0.3, 0.4) is 0 Å². The van der Waals surface area contributed by atoms with Gasteiger partial charge in [-0.15, -0.1) is 0 Å². The van der Waals surface area contributed by atoms with Crippen LogP contribution >= 0.6 is 0 Å². The van der Waals surface area contributed by atoms with Crippen LogP contribution in [-0.2, 0) is 9.47 Å². The number of Topliss-reactive ketones (excluding diaryl/α,β-unsaturated/α-hetero) is 1. The number of ether oxygens (including phenoxy) is 2. The van der Waals surface area contributed by atoms with Crippen molar-refractivity contribution in [3.63, 3.8) is 0 Å². The van der Waals surface area contributed by atoms with E-state index in [9.17, 15) is 19.8 Å². The summed E-state index contributed by atoms with van der Waals surface area (Å²) in [5.74, 6) is 1.59. The van der Waals surface area contributed by atoms with Gasteiger partial charge in [0, 0.05) is 47.6 Å². The Morgan fingerprint density at radius 2 is 1.67 bits per heavy atom. The lowest BCUT2D eigenvalue weighted by Crippen LogP contribution is -2.67. The maximum Gasteiger partial charge on any atom is 0.410 e. The molecule has 4 fully saturated rings. The van der Waals surface area contributed by atoms with Crippen LogP contribution in [0, 0.1) is 51.2 Å². The lowest BCUT2D eigenvalue weighted by Gasteiger charge is -2.71. The molecule has 2 spiro atoms. The SMILES string of the molecule is COCCCN(CC1(O)CCC2C34C=CC5(C=C3C(=O)c3ccccc3)CC(O)CCC5(C)C4CCC21C)C(=O)OC1CC(C)CCC1C(C)C. The van der Waals surface area contributed by atoms with Gasteiger partial charge in [-0.1, -0.05) is 89.6 Å². The average Bonchev–Trinajstić information content (AvgIpc) is 3.37. The first-order chi connectivity index (χ1) is 24.2. The summed E-state index contributed by atoms with van der Waals surface area (Å²) in [5, 5.41) is 24.1. The van der Waals surface area contributed by atoms with Gasteiger partial charge in [-0.2, -0.15) is 0 Å². The van der Waals surface area contributed by atoms with Crippen LogP contribution in [0.4, 0.5) is 4.79 Å². The minimum atomic E-state index is -1.15. The molecule has 0 aliphatic heterocycles. The molecule has 1 aromatic carbocycles. The Morgan fingerprint density at radius 3 is 2.39 bits per heavy atom. The fourth-order valence-corrected chi connectivity index (χ4v) is 12.7. The maximum absolute atomic E-state index is 14.7. The molecule has 0 heterocycles. The zero-order valence-corrected chi connectivity index (χ0v) is 32.0. The Labute approximate surface area is 306 Å². The van der Waals surface area contributed by atoms with E-state index in [1.54, 1.807) is 12.0 Å². The van der Waals surface area contributed by atoms with E-state index in [0.717, 1.165) is 56.9 Å². The van der Waals surface area contributed by atoms with Gasteiger partial charge >= 0.3 is 6.09 Å². The van der Waals surface area contributed by atoms with E-state index in [0.29, 0.717) is 55.7 Å². The molecule has 7 nitrogen and oxygen atoms in total. The summed E-state index contributed by atoms with van der Waals surface area (Å²) in [5.41, 5.74) is -1.13. The third-order valence-corrected chi connectivity index (χ3v) is 15.7. The standard InChI is InChI=1S/C44H63NO6/c1-29(2)33-14-13-30(3)25-35(33)51-39(48)45(23-10-24-50-6)28-43(49)20-17-37-41(43,5)19-16-36-40(4)18-15-32(46)26-42(40)21-22-44(36,37)34(27-42)38(47)31-11-8-7-9-12-31/h7-9,11-12,21-22,27,29-30,32-33,35-37,46,49H,10,13-20,23-26,28H2,1-6H3. The summed E-state index contributed by atoms with van der Waals surface area (Å²) < 4.78 is 11.8. The molecule has 2 bridgehead atoms. The first-order valence-corrected chi connectivity index (χ1v) is 20.1. The van der Waals surface area contributed by atoms with Crippen LogP contribution in [0.25, 0.3) is 0 Å². The molecule has 7 heteroatoms. The van der Waals surface area contributed by atoms with Crippen LogP contribution in [-0.4, -0.2) is 71.6 Å². The highest BCUT2D eigenvalue weighted by Gasteiger charge is 2.74. The molecule has 51 heavy (non-hydrogen) atoms. The number of aliphatic hydroxyl groups is 2. The minimum absolute atomic E-state index is 0.0206. The van der Waals surface area contributed by atoms with Crippen molar-refractivity contribution in [2.45, 2.75) is 123 Å². The summed E-state index contributed by atoms with van der Waals surface area (Å²) >= 11 is 0. The number of methoxy groups -OCH3 is 1. The van der Waals surface area contributed by atoms with E-state index in [2.05, 4.69) is 52.8 Å². The molecule has 0 saturated heterocycles. The Hall–Kier alpha value is -2.48. The third kappa shape index (κ3) is 5.69. The van der Waals surface area contributed by atoms with Crippen LogP contribution in [0.2, 0.25) is 0 Å². The van der Waals surface area contributed by atoms with Gasteiger partial charge in [0.15, 0.2) is 5.78 Å². The molecule has 0 aromatic heterocycles. The zero-order chi connectivity index (χ0) is 36.4. The minimum Gasteiger partial charge on any atom is -0.446 e. The van der Waals surface area contributed by atoms with E-state index in [4.69, 9.17) is 9.47 Å². The van der Waals surface area contributed by atoms with E-state index in [-0.39, 0.29) is 53.3 Å². The molecule has 7 aliphatic rings. The lowest BCUT2D eigenvalue weighted by atomic mass is 9.32. The number of fused-ring (bicyclic) bond motifs is 1. The second-order valence-electron chi connectivity index (χ2n) is 18.5. The highest BCUT2D eigenvalue weighted by molar-refractivity contribution is 6.10. The van der Waals surface area contributed by atoms with Crippen molar-refractivity contribution in [2.24, 2.45) is 51.2 Å². The zero-order valence-electron chi connectivity index (χ0n) is 32.0. The van der Waals surface area contributed by atoms with Crippen molar-refractivity contribution in [3.8, 4) is 0 Å². The van der Waals surface area contributed by atoms with E-state index >= 15 is 0 Å². The summed E-state index contributed by atoms with van der Waals surface area (Å²) in [7, 11) is 1.68. The summed E-state index contributed by atoms with van der Waals surface area (Å²) in [6, 6.07) is 9.64. The highest BCUT2D eigenvalue weighted by Crippen LogP contribution is 2.78. The highest BCUT2D eigenvalue weighted by atomic mass is 16.6. The number of hydrogen-bond donors (Lipinski definition) is 2. The fraction of sp³-hybridized carbons (Fsp3) is 0.727. The van der Waals surface area contributed by atoms with Crippen LogP contribution in [0.1, 0.15) is 116 Å². The monoisotopic (exact) mass is 701 g/mol. The maximum atomic E-state index is 14.7. The molecule has 8 rings (SSSR count). The van der Waals surface area contributed by atoms with Gasteiger partial charge in [0.1, 0.15) is 6.10 Å². The van der Waals surface area contributed by atoms with E-state index in [1.807, 2.05) is 30.3 Å². The number of hydrogen-bond acceptors (Lipinski definition) is 6. The number of nitrogens with zero attached hydrogens (tertiary/aromatic N) is 1. The Bertz CT molecular complexity index is 1540. The van der Waals surface area contributed by atoms with Crippen molar-refractivity contribution in [1.29, 1.82) is 0 Å². The van der Waals surface area contributed by atoms with Gasteiger partial charge in [-0.25, -0.2) is 4.79 Å². The Balaban J connectivity index is 1.24. The van der Waals surface area contributed by atoms with Gasteiger partial charge in [0.2, 0.25) is 0 Å². The number of rotatable bonds is 10. The quantitative estimate of drug-likeness (QED) is 0.145. The Morgan fingerprint density at radius 1 is 0.961 bits per heavy atom. The normalized spacial score (nSPS) is 42.5. The molecule has 1 amide bonds. The summed E-state index contributed by atoms with van der Waals surface area (Å²) in [4.78, 5) is 30.7. The molecule has 2 N–H and O–H groups in total. The molecular weight excluding hydrogens is 638 g/mol.